The van der Waals surface area contributed by atoms with E-state index in [1.54, 1.807) is 0 Å². The molecule has 0 amide bonds. The lowest BCUT2D eigenvalue weighted by atomic mass is 9.99. The van der Waals surface area contributed by atoms with Crippen molar-refractivity contribution < 1.29 is 0 Å². The Morgan fingerprint density at radius 3 is 2.44 bits per heavy atom. The highest BCUT2D eigenvalue weighted by atomic mass is 35.5. The number of halogens is 1. The van der Waals surface area contributed by atoms with Gasteiger partial charge in [-0.3, -0.25) is 0 Å². The minimum absolute atomic E-state index is 0. The van der Waals surface area contributed by atoms with Crippen molar-refractivity contribution >= 4 is 23.7 Å². The minimum Gasteiger partial charge on any atom is -0.317 e. The number of nitrogens with zero attached hydrogens (tertiary/aromatic N) is 1. The maximum absolute atomic E-state index is 4.89. The Balaban J connectivity index is 0.000000963. The number of rotatable bonds is 2. The molecule has 4 heteroatoms. The molecule has 0 atom stereocenters. The first kappa shape index (κ1) is 12.3. The highest BCUT2D eigenvalue weighted by Gasteiger charge is 2.29. The van der Waals surface area contributed by atoms with Crippen molar-refractivity contribution in [2.45, 2.75) is 44.4 Å². The normalized spacial score (nSPS) is 21.8. The molecule has 2 fully saturated rings. The molecule has 1 aliphatic carbocycles. The Morgan fingerprint density at radius 2 is 1.81 bits per heavy atom. The standard InChI is InChI=1S/C12H18N2S.ClH/c1-8-11(9-2-3-9)14-12(15-8)10-4-6-13-7-5-10;/h9-10,13H,2-7H2,1H3;1H. The van der Waals surface area contributed by atoms with Gasteiger partial charge in [-0.25, -0.2) is 4.98 Å². The number of nitrogens with one attached hydrogen (secondary N) is 1. The molecule has 1 saturated heterocycles. The van der Waals surface area contributed by atoms with Gasteiger partial charge in [-0.1, -0.05) is 0 Å². The van der Waals surface area contributed by atoms with Crippen LogP contribution in [0.15, 0.2) is 0 Å². The molecule has 0 radical (unpaired) electrons. The van der Waals surface area contributed by atoms with Gasteiger partial charge in [0, 0.05) is 16.7 Å². The van der Waals surface area contributed by atoms with E-state index in [1.807, 2.05) is 11.3 Å². The average Bonchev–Trinajstić information content (AvgIpc) is 3.04. The lowest BCUT2D eigenvalue weighted by molar-refractivity contribution is 0.458. The zero-order valence-electron chi connectivity index (χ0n) is 9.66. The maximum Gasteiger partial charge on any atom is 0.0963 e. The van der Waals surface area contributed by atoms with Crippen molar-refractivity contribution in [2.24, 2.45) is 0 Å². The molecule has 2 nitrogen and oxygen atoms in total. The Morgan fingerprint density at radius 1 is 1.12 bits per heavy atom. The van der Waals surface area contributed by atoms with Gasteiger partial charge in [0.15, 0.2) is 0 Å². The molecule has 1 saturated carbocycles. The third kappa shape index (κ3) is 2.41. The van der Waals surface area contributed by atoms with Crippen molar-refractivity contribution in [3.8, 4) is 0 Å². The highest BCUT2D eigenvalue weighted by molar-refractivity contribution is 7.11. The van der Waals surface area contributed by atoms with Crippen LogP contribution in [0, 0.1) is 6.92 Å². The summed E-state index contributed by atoms with van der Waals surface area (Å²) in [5.74, 6) is 1.55. The fourth-order valence-corrected chi connectivity index (χ4v) is 3.59. The molecular formula is C12H19ClN2S. The van der Waals surface area contributed by atoms with Crippen LogP contribution in [-0.4, -0.2) is 18.1 Å². The van der Waals surface area contributed by atoms with Crippen LogP contribution in [0.3, 0.4) is 0 Å². The van der Waals surface area contributed by atoms with Crippen LogP contribution in [0.25, 0.3) is 0 Å². The molecular weight excluding hydrogens is 240 g/mol. The Labute approximate surface area is 107 Å². The molecule has 16 heavy (non-hydrogen) atoms. The number of thiazole rings is 1. The van der Waals surface area contributed by atoms with E-state index in [0.29, 0.717) is 0 Å². The Kier molecular flexibility index (Phi) is 3.88. The van der Waals surface area contributed by atoms with E-state index in [-0.39, 0.29) is 12.4 Å². The van der Waals surface area contributed by atoms with Crippen LogP contribution in [0.5, 0.6) is 0 Å². The zero-order valence-corrected chi connectivity index (χ0v) is 11.3. The van der Waals surface area contributed by atoms with Gasteiger partial charge < -0.3 is 5.32 Å². The van der Waals surface area contributed by atoms with Crippen molar-refractivity contribution in [3.05, 3.63) is 15.6 Å². The summed E-state index contributed by atoms with van der Waals surface area (Å²) in [6.45, 7) is 4.58. The molecule has 0 unspecified atom stereocenters. The van der Waals surface area contributed by atoms with E-state index < -0.39 is 0 Å². The maximum atomic E-state index is 4.89. The summed E-state index contributed by atoms with van der Waals surface area (Å²) in [6.07, 6.45) is 5.29. The summed E-state index contributed by atoms with van der Waals surface area (Å²) < 4.78 is 0. The fourth-order valence-electron chi connectivity index (χ4n) is 2.41. The van der Waals surface area contributed by atoms with E-state index in [2.05, 4.69) is 12.2 Å². The van der Waals surface area contributed by atoms with Gasteiger partial charge in [-0.2, -0.15) is 0 Å². The molecule has 1 N–H and O–H groups in total. The van der Waals surface area contributed by atoms with Gasteiger partial charge in [0.25, 0.3) is 0 Å². The molecule has 0 spiro atoms. The molecule has 2 aliphatic rings. The highest BCUT2D eigenvalue weighted by Crippen LogP contribution is 2.43. The van der Waals surface area contributed by atoms with Crippen LogP contribution in [0.1, 0.15) is 53.1 Å². The third-order valence-electron chi connectivity index (χ3n) is 3.50. The van der Waals surface area contributed by atoms with Crippen LogP contribution in [0.4, 0.5) is 0 Å². The third-order valence-corrected chi connectivity index (χ3v) is 4.65. The molecule has 1 aromatic heterocycles. The van der Waals surface area contributed by atoms with Gasteiger partial charge in [-0.05, 0) is 45.7 Å². The van der Waals surface area contributed by atoms with Crippen LogP contribution >= 0.6 is 23.7 Å². The summed E-state index contributed by atoms with van der Waals surface area (Å²) in [5, 5.41) is 4.83. The quantitative estimate of drug-likeness (QED) is 0.881. The summed E-state index contributed by atoms with van der Waals surface area (Å²) in [5.41, 5.74) is 1.42. The van der Waals surface area contributed by atoms with Crippen molar-refractivity contribution in [3.63, 3.8) is 0 Å². The van der Waals surface area contributed by atoms with Gasteiger partial charge in [0.05, 0.1) is 10.7 Å². The first-order chi connectivity index (χ1) is 7.34. The van der Waals surface area contributed by atoms with Gasteiger partial charge in [-0.15, -0.1) is 23.7 Å². The minimum atomic E-state index is 0. The molecule has 2 heterocycles. The van der Waals surface area contributed by atoms with E-state index in [0.717, 1.165) is 11.8 Å². The first-order valence-corrected chi connectivity index (χ1v) is 6.84. The number of hydrogen-bond donors (Lipinski definition) is 1. The fraction of sp³-hybridized carbons (Fsp3) is 0.750. The van der Waals surface area contributed by atoms with Gasteiger partial charge in [0.2, 0.25) is 0 Å². The summed E-state index contributed by atoms with van der Waals surface area (Å²) in [6, 6.07) is 0. The predicted octanol–water partition coefficient (Wildman–Crippen LogP) is 3.22. The molecule has 90 valence electrons. The molecule has 0 bridgehead atoms. The monoisotopic (exact) mass is 258 g/mol. The summed E-state index contributed by atoms with van der Waals surface area (Å²) in [4.78, 5) is 6.36. The second-order valence-electron chi connectivity index (χ2n) is 4.79. The SMILES string of the molecule is Cc1sc(C2CCNCC2)nc1C1CC1.Cl. The van der Waals surface area contributed by atoms with E-state index in [9.17, 15) is 0 Å². The Hall–Kier alpha value is -0.120. The Bertz CT molecular complexity index is 354. The van der Waals surface area contributed by atoms with Crippen molar-refractivity contribution in [1.82, 2.24) is 10.3 Å². The number of piperidine rings is 1. The second-order valence-corrected chi connectivity index (χ2v) is 6.03. The molecule has 0 aromatic carbocycles. The van der Waals surface area contributed by atoms with Gasteiger partial charge in [0.1, 0.15) is 0 Å². The smallest absolute Gasteiger partial charge is 0.0963 e. The predicted molar refractivity (Wildman–Crippen MR) is 70.9 cm³/mol. The summed E-state index contributed by atoms with van der Waals surface area (Å²) in [7, 11) is 0. The van der Waals surface area contributed by atoms with Crippen LogP contribution in [-0.2, 0) is 0 Å². The lowest BCUT2D eigenvalue weighted by Crippen LogP contribution is -2.26. The number of aryl methyl sites for hydroxylation is 1. The van der Waals surface area contributed by atoms with Gasteiger partial charge >= 0.3 is 0 Å². The van der Waals surface area contributed by atoms with E-state index in [1.165, 1.54) is 54.4 Å². The number of hydrogen-bond acceptors (Lipinski definition) is 3. The second kappa shape index (κ2) is 5.03. The van der Waals surface area contributed by atoms with E-state index >= 15 is 0 Å². The largest absolute Gasteiger partial charge is 0.317 e. The molecule has 1 aliphatic heterocycles. The first-order valence-electron chi connectivity index (χ1n) is 6.02. The van der Waals surface area contributed by atoms with Crippen molar-refractivity contribution in [2.75, 3.05) is 13.1 Å². The average molecular weight is 259 g/mol. The lowest BCUT2D eigenvalue weighted by Gasteiger charge is -2.20. The zero-order chi connectivity index (χ0) is 10.3. The topological polar surface area (TPSA) is 24.9 Å². The van der Waals surface area contributed by atoms with E-state index in [4.69, 9.17) is 4.98 Å². The van der Waals surface area contributed by atoms with Crippen LogP contribution in [0.2, 0.25) is 0 Å². The number of aromatic nitrogens is 1. The molecule has 1 aromatic rings. The van der Waals surface area contributed by atoms with Crippen molar-refractivity contribution in [1.29, 1.82) is 0 Å². The van der Waals surface area contributed by atoms with Crippen LogP contribution < -0.4 is 5.32 Å². The summed E-state index contributed by atoms with van der Waals surface area (Å²) >= 11 is 1.95. The molecule has 3 rings (SSSR count).